The molecule has 0 N–H and O–H groups in total. The van der Waals surface area contributed by atoms with Crippen molar-refractivity contribution in [2.75, 3.05) is 12.4 Å². The predicted octanol–water partition coefficient (Wildman–Crippen LogP) is 3.90. The van der Waals surface area contributed by atoms with Crippen LogP contribution in [-0.4, -0.2) is 29.3 Å². The molecule has 1 aromatic rings. The van der Waals surface area contributed by atoms with Gasteiger partial charge in [-0.2, -0.15) is 0 Å². The van der Waals surface area contributed by atoms with Crippen molar-refractivity contribution in [1.82, 2.24) is 4.90 Å². The molecule has 3 heteroatoms. The van der Waals surface area contributed by atoms with Crippen LogP contribution in [0.2, 0.25) is 0 Å². The minimum Gasteiger partial charge on any atom is -0.334 e. The van der Waals surface area contributed by atoms with Gasteiger partial charge in [-0.25, -0.2) is 0 Å². The molecular formula is C16H22ClNO. The van der Waals surface area contributed by atoms with E-state index in [1.807, 2.05) is 29.2 Å². The fraction of sp³-hybridized carbons (Fsp3) is 0.562. The van der Waals surface area contributed by atoms with Crippen LogP contribution < -0.4 is 0 Å². The van der Waals surface area contributed by atoms with Gasteiger partial charge in [0.05, 0.1) is 0 Å². The van der Waals surface area contributed by atoms with E-state index >= 15 is 0 Å². The SMILES string of the molecule is CC(C)c1ccc(C(=O)N2CCC(C)C2CCl)cc1. The predicted molar refractivity (Wildman–Crippen MR) is 79.9 cm³/mol. The van der Waals surface area contributed by atoms with Crippen molar-refractivity contribution in [3.05, 3.63) is 35.4 Å². The Bertz CT molecular complexity index is 441. The molecule has 2 unspecified atom stereocenters. The third kappa shape index (κ3) is 2.94. The van der Waals surface area contributed by atoms with Crippen LogP contribution in [0.25, 0.3) is 0 Å². The normalized spacial score (nSPS) is 23.1. The van der Waals surface area contributed by atoms with Crippen LogP contribution in [0, 0.1) is 5.92 Å². The molecule has 1 saturated heterocycles. The first kappa shape index (κ1) is 14.4. The Morgan fingerprint density at radius 1 is 1.37 bits per heavy atom. The molecule has 0 spiro atoms. The molecule has 2 rings (SSSR count). The van der Waals surface area contributed by atoms with E-state index < -0.39 is 0 Å². The molecule has 1 aliphatic rings. The Labute approximate surface area is 120 Å². The van der Waals surface area contributed by atoms with E-state index in [0.717, 1.165) is 18.5 Å². The van der Waals surface area contributed by atoms with E-state index in [1.54, 1.807) is 0 Å². The van der Waals surface area contributed by atoms with Crippen LogP contribution in [0.1, 0.15) is 49.0 Å². The van der Waals surface area contributed by atoms with Crippen LogP contribution in [-0.2, 0) is 0 Å². The molecule has 1 amide bonds. The van der Waals surface area contributed by atoms with Gasteiger partial charge in [0.15, 0.2) is 0 Å². The van der Waals surface area contributed by atoms with E-state index in [2.05, 4.69) is 20.8 Å². The molecule has 1 aromatic carbocycles. The second-order valence-corrected chi connectivity index (χ2v) is 6.07. The van der Waals surface area contributed by atoms with Gasteiger partial charge in [0, 0.05) is 24.0 Å². The van der Waals surface area contributed by atoms with Gasteiger partial charge in [0.25, 0.3) is 5.91 Å². The first-order valence-electron chi connectivity index (χ1n) is 7.01. The van der Waals surface area contributed by atoms with Crippen LogP contribution in [0.4, 0.5) is 0 Å². The molecule has 19 heavy (non-hydrogen) atoms. The highest BCUT2D eigenvalue weighted by Crippen LogP contribution is 2.27. The van der Waals surface area contributed by atoms with Gasteiger partial charge in [-0.05, 0) is 36.0 Å². The zero-order valence-corrected chi connectivity index (χ0v) is 12.7. The fourth-order valence-electron chi connectivity index (χ4n) is 2.67. The second kappa shape index (κ2) is 5.96. The first-order valence-corrected chi connectivity index (χ1v) is 7.55. The second-order valence-electron chi connectivity index (χ2n) is 5.76. The molecule has 0 radical (unpaired) electrons. The highest BCUT2D eigenvalue weighted by molar-refractivity contribution is 6.18. The number of carbonyl (C=O) groups excluding carboxylic acids is 1. The van der Waals surface area contributed by atoms with Crippen molar-refractivity contribution in [3.8, 4) is 0 Å². The minimum atomic E-state index is 0.116. The summed E-state index contributed by atoms with van der Waals surface area (Å²) in [5.74, 6) is 1.63. The number of nitrogens with zero attached hydrogens (tertiary/aromatic N) is 1. The number of alkyl halides is 1. The summed E-state index contributed by atoms with van der Waals surface area (Å²) in [4.78, 5) is 14.4. The van der Waals surface area contributed by atoms with E-state index in [0.29, 0.717) is 17.7 Å². The highest BCUT2D eigenvalue weighted by atomic mass is 35.5. The molecule has 1 aliphatic heterocycles. The van der Waals surface area contributed by atoms with Crippen LogP contribution in [0.5, 0.6) is 0 Å². The lowest BCUT2D eigenvalue weighted by Gasteiger charge is -2.25. The molecule has 104 valence electrons. The molecule has 0 bridgehead atoms. The maximum absolute atomic E-state index is 12.5. The molecule has 2 nitrogen and oxygen atoms in total. The summed E-state index contributed by atoms with van der Waals surface area (Å²) in [6.07, 6.45) is 1.05. The Morgan fingerprint density at radius 2 is 2.00 bits per heavy atom. The Morgan fingerprint density at radius 3 is 2.53 bits per heavy atom. The maximum atomic E-state index is 12.5. The Hall–Kier alpha value is -1.02. The number of benzene rings is 1. The molecule has 1 fully saturated rings. The van der Waals surface area contributed by atoms with Crippen molar-refractivity contribution < 1.29 is 4.79 Å². The van der Waals surface area contributed by atoms with Gasteiger partial charge < -0.3 is 4.90 Å². The van der Waals surface area contributed by atoms with Gasteiger partial charge >= 0.3 is 0 Å². The van der Waals surface area contributed by atoms with Crippen LogP contribution in [0.3, 0.4) is 0 Å². The number of hydrogen-bond donors (Lipinski definition) is 0. The summed E-state index contributed by atoms with van der Waals surface area (Å²) < 4.78 is 0. The van der Waals surface area contributed by atoms with Crippen molar-refractivity contribution in [2.45, 2.75) is 39.2 Å². The van der Waals surface area contributed by atoms with Gasteiger partial charge in [0.1, 0.15) is 0 Å². The Balaban J connectivity index is 2.15. The number of rotatable bonds is 3. The average molecular weight is 280 g/mol. The van der Waals surface area contributed by atoms with Gasteiger partial charge in [-0.15, -0.1) is 11.6 Å². The number of hydrogen-bond acceptors (Lipinski definition) is 1. The van der Waals surface area contributed by atoms with Crippen molar-refractivity contribution in [3.63, 3.8) is 0 Å². The number of carbonyl (C=O) groups is 1. The first-order chi connectivity index (χ1) is 9.04. The van der Waals surface area contributed by atoms with Crippen molar-refractivity contribution >= 4 is 17.5 Å². The van der Waals surface area contributed by atoms with Crippen molar-refractivity contribution in [1.29, 1.82) is 0 Å². The lowest BCUT2D eigenvalue weighted by molar-refractivity contribution is 0.0737. The lowest BCUT2D eigenvalue weighted by atomic mass is 10.0. The molecule has 0 saturated carbocycles. The summed E-state index contributed by atoms with van der Waals surface area (Å²) in [6, 6.07) is 8.15. The largest absolute Gasteiger partial charge is 0.334 e. The van der Waals surface area contributed by atoms with Crippen molar-refractivity contribution in [2.24, 2.45) is 5.92 Å². The average Bonchev–Trinajstić information content (AvgIpc) is 2.79. The summed E-state index contributed by atoms with van der Waals surface area (Å²) in [5, 5.41) is 0. The molecule has 1 heterocycles. The van der Waals surface area contributed by atoms with Gasteiger partial charge in [-0.1, -0.05) is 32.9 Å². The summed E-state index contributed by atoms with van der Waals surface area (Å²) >= 11 is 6.00. The van der Waals surface area contributed by atoms with E-state index in [4.69, 9.17) is 11.6 Å². The Kier molecular flexibility index (Phi) is 4.51. The quantitative estimate of drug-likeness (QED) is 0.769. The standard InChI is InChI=1S/C16H22ClNO/c1-11(2)13-4-6-14(7-5-13)16(19)18-9-8-12(3)15(18)10-17/h4-7,11-12,15H,8-10H2,1-3H3. The number of likely N-dealkylation sites (tertiary alicyclic amines) is 1. The molecule has 2 atom stereocenters. The third-order valence-electron chi connectivity index (χ3n) is 4.13. The highest BCUT2D eigenvalue weighted by Gasteiger charge is 2.33. The number of amides is 1. The van der Waals surface area contributed by atoms with Gasteiger partial charge in [0.2, 0.25) is 0 Å². The third-order valence-corrected chi connectivity index (χ3v) is 4.44. The molecule has 0 aliphatic carbocycles. The monoisotopic (exact) mass is 279 g/mol. The topological polar surface area (TPSA) is 20.3 Å². The van der Waals surface area contributed by atoms with E-state index in [-0.39, 0.29) is 11.9 Å². The van der Waals surface area contributed by atoms with E-state index in [1.165, 1.54) is 5.56 Å². The van der Waals surface area contributed by atoms with Gasteiger partial charge in [-0.3, -0.25) is 4.79 Å². The summed E-state index contributed by atoms with van der Waals surface area (Å²) in [5.41, 5.74) is 2.04. The van der Waals surface area contributed by atoms with E-state index in [9.17, 15) is 4.79 Å². The zero-order valence-electron chi connectivity index (χ0n) is 11.9. The number of halogens is 1. The zero-order chi connectivity index (χ0) is 14.0. The summed E-state index contributed by atoms with van der Waals surface area (Å²) in [6.45, 7) is 7.30. The van der Waals surface area contributed by atoms with Crippen LogP contribution in [0.15, 0.2) is 24.3 Å². The molecular weight excluding hydrogens is 258 g/mol. The lowest BCUT2D eigenvalue weighted by Crippen LogP contribution is -2.38. The maximum Gasteiger partial charge on any atom is 0.254 e. The molecule has 0 aromatic heterocycles. The summed E-state index contributed by atoms with van der Waals surface area (Å²) in [7, 11) is 0. The van der Waals surface area contributed by atoms with Crippen LogP contribution >= 0.6 is 11.6 Å². The smallest absolute Gasteiger partial charge is 0.254 e. The fourth-order valence-corrected chi connectivity index (χ4v) is 3.14. The minimum absolute atomic E-state index is 0.116.